The van der Waals surface area contributed by atoms with Crippen LogP contribution in [0.2, 0.25) is 0 Å². The zero-order chi connectivity index (χ0) is 17.9. The number of hydrogen-bond donors (Lipinski definition) is 0. The average molecular weight is 355 g/mol. The van der Waals surface area contributed by atoms with Gasteiger partial charge >= 0.3 is 5.97 Å². The van der Waals surface area contributed by atoms with Crippen LogP contribution in [0.1, 0.15) is 67.1 Å². The summed E-state index contributed by atoms with van der Waals surface area (Å²) in [7, 11) is 0. The van der Waals surface area contributed by atoms with Gasteiger partial charge in [0.05, 0.1) is 18.2 Å². The highest BCUT2D eigenvalue weighted by molar-refractivity contribution is 5.89. The van der Waals surface area contributed by atoms with Crippen LogP contribution in [0, 0.1) is 0 Å². The van der Waals surface area contributed by atoms with Crippen LogP contribution >= 0.6 is 0 Å². The van der Waals surface area contributed by atoms with Crippen molar-refractivity contribution in [3.8, 4) is 0 Å². The molecule has 4 rings (SSSR count). The largest absolute Gasteiger partial charge is 0.462 e. The van der Waals surface area contributed by atoms with Gasteiger partial charge in [-0.2, -0.15) is 0 Å². The molecule has 0 radical (unpaired) electrons. The molecule has 0 spiro atoms. The van der Waals surface area contributed by atoms with E-state index < -0.39 is 0 Å². The molecule has 0 bridgehead atoms. The van der Waals surface area contributed by atoms with Gasteiger partial charge in [0.25, 0.3) is 0 Å². The number of carbonyl (C=O) groups excluding carboxylic acids is 1. The van der Waals surface area contributed by atoms with Crippen LogP contribution in [0.25, 0.3) is 0 Å². The Balaban J connectivity index is 1.57. The van der Waals surface area contributed by atoms with E-state index >= 15 is 0 Å². The number of aromatic nitrogens is 4. The normalized spacial score (nSPS) is 19.9. The fourth-order valence-corrected chi connectivity index (χ4v) is 3.95. The molecular weight excluding hydrogens is 330 g/mol. The van der Waals surface area contributed by atoms with E-state index in [2.05, 4.69) is 24.6 Å². The van der Waals surface area contributed by atoms with Gasteiger partial charge in [0, 0.05) is 25.7 Å². The van der Waals surface area contributed by atoms with Gasteiger partial charge in [-0.1, -0.05) is 6.42 Å². The number of aryl methyl sites for hydroxylation is 1. The minimum Gasteiger partial charge on any atom is -0.462 e. The summed E-state index contributed by atoms with van der Waals surface area (Å²) >= 11 is 0. The number of rotatable bonds is 4. The summed E-state index contributed by atoms with van der Waals surface area (Å²) in [6.45, 7) is 4.12. The number of esters is 1. The standard InChI is InChI=1S/C19H25N5O2/c1-2-26-19(25)14-9-10-16(20-13-14)23-12-6-7-15(23)18-22-21-17-8-4-3-5-11-24(17)18/h9-10,13,15H,2-8,11-12H2,1H3. The lowest BCUT2D eigenvalue weighted by Gasteiger charge is -2.25. The summed E-state index contributed by atoms with van der Waals surface area (Å²) in [5.41, 5.74) is 0.489. The monoisotopic (exact) mass is 355 g/mol. The molecule has 2 aliphatic rings. The predicted octanol–water partition coefficient (Wildman–Crippen LogP) is 2.92. The molecule has 0 amide bonds. The van der Waals surface area contributed by atoms with Crippen molar-refractivity contribution in [3.63, 3.8) is 0 Å². The van der Waals surface area contributed by atoms with Crippen molar-refractivity contribution < 1.29 is 9.53 Å². The Hall–Kier alpha value is -2.44. The summed E-state index contributed by atoms with van der Waals surface area (Å²) < 4.78 is 7.36. The molecule has 4 heterocycles. The van der Waals surface area contributed by atoms with E-state index in [1.807, 2.05) is 6.07 Å². The molecule has 0 saturated carbocycles. The summed E-state index contributed by atoms with van der Waals surface area (Å²) in [4.78, 5) is 18.6. The molecule has 26 heavy (non-hydrogen) atoms. The zero-order valence-electron chi connectivity index (χ0n) is 15.2. The molecule has 0 aliphatic carbocycles. The van der Waals surface area contributed by atoms with Crippen molar-refractivity contribution in [2.75, 3.05) is 18.1 Å². The molecule has 2 aromatic rings. The van der Waals surface area contributed by atoms with E-state index in [1.54, 1.807) is 19.2 Å². The lowest BCUT2D eigenvalue weighted by atomic mass is 10.2. The number of carbonyl (C=O) groups is 1. The van der Waals surface area contributed by atoms with E-state index in [0.29, 0.717) is 12.2 Å². The smallest absolute Gasteiger partial charge is 0.339 e. The van der Waals surface area contributed by atoms with Crippen molar-refractivity contribution in [1.82, 2.24) is 19.7 Å². The Morgan fingerprint density at radius 3 is 2.92 bits per heavy atom. The summed E-state index contributed by atoms with van der Waals surface area (Å²) in [5.74, 6) is 2.74. The van der Waals surface area contributed by atoms with Crippen molar-refractivity contribution in [1.29, 1.82) is 0 Å². The van der Waals surface area contributed by atoms with Crippen LogP contribution in [-0.2, 0) is 17.7 Å². The van der Waals surface area contributed by atoms with Crippen molar-refractivity contribution >= 4 is 11.8 Å². The van der Waals surface area contributed by atoms with Crippen LogP contribution < -0.4 is 4.90 Å². The molecule has 7 nitrogen and oxygen atoms in total. The Bertz CT molecular complexity index is 771. The number of nitrogens with zero attached hydrogens (tertiary/aromatic N) is 5. The molecule has 7 heteroatoms. The van der Waals surface area contributed by atoms with E-state index in [4.69, 9.17) is 4.74 Å². The second-order valence-electron chi connectivity index (χ2n) is 6.91. The van der Waals surface area contributed by atoms with E-state index in [9.17, 15) is 4.79 Å². The van der Waals surface area contributed by atoms with Crippen LogP contribution in [0.3, 0.4) is 0 Å². The SMILES string of the molecule is CCOC(=O)c1ccc(N2CCCC2c2nnc3n2CCCCC3)nc1. The van der Waals surface area contributed by atoms with Crippen LogP contribution in [0.15, 0.2) is 18.3 Å². The van der Waals surface area contributed by atoms with Gasteiger partial charge in [0.15, 0.2) is 5.82 Å². The highest BCUT2D eigenvalue weighted by atomic mass is 16.5. The Morgan fingerprint density at radius 1 is 1.19 bits per heavy atom. The molecular formula is C19H25N5O2. The second kappa shape index (κ2) is 7.43. The first kappa shape index (κ1) is 17.0. The summed E-state index contributed by atoms with van der Waals surface area (Å²) in [6, 6.07) is 3.90. The number of anilines is 1. The third kappa shape index (κ3) is 3.18. The Labute approximate surface area is 153 Å². The predicted molar refractivity (Wildman–Crippen MR) is 97.1 cm³/mol. The van der Waals surface area contributed by atoms with E-state index in [0.717, 1.165) is 49.8 Å². The fourth-order valence-electron chi connectivity index (χ4n) is 3.95. The van der Waals surface area contributed by atoms with Crippen LogP contribution in [-0.4, -0.2) is 38.9 Å². The fraction of sp³-hybridized carbons (Fsp3) is 0.579. The van der Waals surface area contributed by atoms with Crippen LogP contribution in [0.5, 0.6) is 0 Å². The molecule has 0 N–H and O–H groups in total. The maximum absolute atomic E-state index is 11.8. The third-order valence-electron chi connectivity index (χ3n) is 5.24. The molecule has 1 atom stereocenters. The van der Waals surface area contributed by atoms with Gasteiger partial charge in [0.1, 0.15) is 11.6 Å². The van der Waals surface area contributed by atoms with Crippen molar-refractivity contribution in [2.45, 2.75) is 58.0 Å². The number of pyridine rings is 1. The first-order valence-corrected chi connectivity index (χ1v) is 9.59. The molecule has 1 saturated heterocycles. The highest BCUT2D eigenvalue weighted by Gasteiger charge is 2.32. The van der Waals surface area contributed by atoms with E-state index in [-0.39, 0.29) is 12.0 Å². The van der Waals surface area contributed by atoms with Gasteiger partial charge < -0.3 is 14.2 Å². The lowest BCUT2D eigenvalue weighted by molar-refractivity contribution is 0.0526. The average Bonchev–Trinajstić information content (AvgIpc) is 3.23. The molecule has 1 unspecified atom stereocenters. The minimum atomic E-state index is -0.327. The van der Waals surface area contributed by atoms with Gasteiger partial charge in [0.2, 0.25) is 0 Å². The molecule has 1 fully saturated rings. The minimum absolute atomic E-state index is 0.204. The van der Waals surface area contributed by atoms with Crippen molar-refractivity contribution in [3.05, 3.63) is 35.5 Å². The first-order chi connectivity index (χ1) is 12.8. The zero-order valence-corrected chi connectivity index (χ0v) is 15.2. The molecule has 2 aliphatic heterocycles. The third-order valence-corrected chi connectivity index (χ3v) is 5.24. The quantitative estimate of drug-likeness (QED) is 0.785. The Morgan fingerprint density at radius 2 is 2.12 bits per heavy atom. The molecule has 2 aromatic heterocycles. The molecule has 138 valence electrons. The van der Waals surface area contributed by atoms with Crippen LogP contribution in [0.4, 0.5) is 5.82 Å². The maximum Gasteiger partial charge on any atom is 0.339 e. The molecule has 0 aromatic carbocycles. The number of fused-ring (bicyclic) bond motifs is 1. The van der Waals surface area contributed by atoms with E-state index in [1.165, 1.54) is 19.3 Å². The van der Waals surface area contributed by atoms with Gasteiger partial charge in [-0.25, -0.2) is 9.78 Å². The number of hydrogen-bond acceptors (Lipinski definition) is 6. The summed E-state index contributed by atoms with van der Waals surface area (Å²) in [6.07, 6.45) is 8.43. The summed E-state index contributed by atoms with van der Waals surface area (Å²) in [5, 5.41) is 8.99. The van der Waals surface area contributed by atoms with Gasteiger partial charge in [-0.15, -0.1) is 10.2 Å². The van der Waals surface area contributed by atoms with Crippen molar-refractivity contribution in [2.24, 2.45) is 0 Å². The lowest BCUT2D eigenvalue weighted by Crippen LogP contribution is -2.26. The first-order valence-electron chi connectivity index (χ1n) is 9.59. The maximum atomic E-state index is 11.8. The topological polar surface area (TPSA) is 73.1 Å². The Kier molecular flexibility index (Phi) is 4.86. The van der Waals surface area contributed by atoms with Gasteiger partial charge in [-0.3, -0.25) is 0 Å². The van der Waals surface area contributed by atoms with Gasteiger partial charge in [-0.05, 0) is 44.7 Å². The highest BCUT2D eigenvalue weighted by Crippen LogP contribution is 2.35. The second-order valence-corrected chi connectivity index (χ2v) is 6.91. The number of ether oxygens (including phenoxy) is 1.